The van der Waals surface area contributed by atoms with Gasteiger partial charge in [0.05, 0.1) is 32.5 Å². The maximum atomic E-state index is 13.7. The van der Waals surface area contributed by atoms with Crippen LogP contribution in [-0.2, 0) is 27.9 Å². The summed E-state index contributed by atoms with van der Waals surface area (Å²) in [6.07, 6.45) is 3.28. The van der Waals surface area contributed by atoms with Crippen molar-refractivity contribution < 1.29 is 27.9 Å². The third-order valence-electron chi connectivity index (χ3n) is 5.95. The van der Waals surface area contributed by atoms with Crippen LogP contribution in [0.1, 0.15) is 64.7 Å². The fourth-order valence-electron chi connectivity index (χ4n) is 3.79. The van der Waals surface area contributed by atoms with Crippen LogP contribution in [0.2, 0.25) is 0 Å². The summed E-state index contributed by atoms with van der Waals surface area (Å²) in [4.78, 5) is 41.4. The quantitative estimate of drug-likeness (QED) is 0.0834. The number of methoxy groups -OCH3 is 1. The number of hydrogen-bond acceptors (Lipinski definition) is 9. The Morgan fingerprint density at radius 3 is 2.70 bits per heavy atom. The van der Waals surface area contributed by atoms with E-state index in [1.54, 1.807) is 20.8 Å². The summed E-state index contributed by atoms with van der Waals surface area (Å²) in [6, 6.07) is -1.71. The minimum absolute atomic E-state index is 0.121. The lowest BCUT2D eigenvalue weighted by Crippen LogP contribution is -2.41. The van der Waals surface area contributed by atoms with E-state index in [2.05, 4.69) is 27.0 Å². The standard InChI is InChI=1S/C22H37N6O8P/c1-6-7-8-9-10-34-37(32,26-19(14(2)3)21(30)33-5)35-13-17-16(25-27-23)11-18(36-17)28-12-15(4)20(29)24-22(28)31/h12,14,16-19H,6-11,13H2,1-5H3,(H,26,32)(H,24,29,31)/t16-,17+,18+,19?,37?/m0/s1. The van der Waals surface area contributed by atoms with Crippen LogP contribution in [0.3, 0.4) is 0 Å². The Morgan fingerprint density at radius 1 is 1.35 bits per heavy atom. The zero-order valence-electron chi connectivity index (χ0n) is 21.9. The molecule has 0 spiro atoms. The molecule has 0 amide bonds. The molecule has 14 nitrogen and oxygen atoms in total. The van der Waals surface area contributed by atoms with Crippen LogP contribution in [0.4, 0.5) is 0 Å². The SMILES string of the molecule is CCCCCCOP(=O)(NC(C(=O)OC)C(C)C)OC[C@H]1O[C@@H](n2cc(C)c(=O)[nH]c2=O)C[C@@H]1N=[N+]=[N-]. The van der Waals surface area contributed by atoms with Gasteiger partial charge in [0.25, 0.3) is 5.56 Å². The summed E-state index contributed by atoms with van der Waals surface area (Å²) in [6.45, 7) is 6.94. The summed E-state index contributed by atoms with van der Waals surface area (Å²) < 4.78 is 36.9. The van der Waals surface area contributed by atoms with Crippen molar-refractivity contribution in [1.29, 1.82) is 0 Å². The number of carbonyl (C=O) groups excluding carboxylic acids is 1. The normalized spacial score (nSPS) is 21.8. The number of H-pyrrole nitrogens is 1. The molecule has 2 N–H and O–H groups in total. The van der Waals surface area contributed by atoms with Gasteiger partial charge in [-0.15, -0.1) is 0 Å². The van der Waals surface area contributed by atoms with Gasteiger partial charge >= 0.3 is 19.4 Å². The Bertz CT molecular complexity index is 1120. The molecule has 0 aromatic carbocycles. The molecule has 0 radical (unpaired) electrons. The predicted molar refractivity (Wildman–Crippen MR) is 135 cm³/mol. The largest absolute Gasteiger partial charge is 0.468 e. The van der Waals surface area contributed by atoms with Crippen molar-refractivity contribution in [2.24, 2.45) is 11.0 Å². The number of unbranched alkanes of at least 4 members (excludes halogenated alkanes) is 3. The van der Waals surface area contributed by atoms with Gasteiger partial charge in [0, 0.05) is 23.1 Å². The Kier molecular flexibility index (Phi) is 12.0. The molecule has 0 aliphatic carbocycles. The van der Waals surface area contributed by atoms with E-state index in [0.717, 1.165) is 19.3 Å². The molecule has 37 heavy (non-hydrogen) atoms. The molecular weight excluding hydrogens is 507 g/mol. The lowest BCUT2D eigenvalue weighted by molar-refractivity contribution is -0.143. The molecular formula is C22H37N6O8P. The summed E-state index contributed by atoms with van der Waals surface area (Å²) in [7, 11) is -2.81. The van der Waals surface area contributed by atoms with E-state index in [9.17, 15) is 18.9 Å². The second-order valence-corrected chi connectivity index (χ2v) is 10.9. The highest BCUT2D eigenvalue weighted by Crippen LogP contribution is 2.46. The van der Waals surface area contributed by atoms with Crippen molar-refractivity contribution in [1.82, 2.24) is 14.6 Å². The van der Waals surface area contributed by atoms with E-state index >= 15 is 0 Å². The van der Waals surface area contributed by atoms with E-state index in [4.69, 9.17) is 24.1 Å². The van der Waals surface area contributed by atoms with Gasteiger partial charge in [-0.3, -0.25) is 28.2 Å². The third kappa shape index (κ3) is 8.80. The van der Waals surface area contributed by atoms with Gasteiger partial charge in [-0.2, -0.15) is 0 Å². The molecule has 1 aliphatic heterocycles. The summed E-state index contributed by atoms with van der Waals surface area (Å²) in [5.41, 5.74) is 8.13. The average molecular weight is 545 g/mol. The topological polar surface area (TPSA) is 187 Å². The number of ether oxygens (including phenoxy) is 2. The first-order chi connectivity index (χ1) is 17.5. The monoisotopic (exact) mass is 544 g/mol. The minimum Gasteiger partial charge on any atom is -0.468 e. The Balaban J connectivity index is 2.22. The average Bonchev–Trinajstić information content (AvgIpc) is 3.25. The van der Waals surface area contributed by atoms with Crippen molar-refractivity contribution in [2.45, 2.75) is 84.2 Å². The van der Waals surface area contributed by atoms with Crippen LogP contribution >= 0.6 is 7.75 Å². The molecule has 2 unspecified atom stereocenters. The number of esters is 1. The van der Waals surface area contributed by atoms with E-state index in [-0.39, 0.29) is 25.6 Å². The van der Waals surface area contributed by atoms with Gasteiger partial charge in [0.1, 0.15) is 12.3 Å². The second-order valence-electron chi connectivity index (χ2n) is 9.18. The van der Waals surface area contributed by atoms with E-state index < -0.39 is 49.4 Å². The summed E-state index contributed by atoms with van der Waals surface area (Å²) in [5.74, 6) is -0.906. The van der Waals surface area contributed by atoms with Crippen molar-refractivity contribution in [3.8, 4) is 0 Å². The molecule has 2 rings (SSSR count). The molecule has 15 heteroatoms. The highest BCUT2D eigenvalue weighted by Gasteiger charge is 2.40. The molecule has 1 fully saturated rings. The van der Waals surface area contributed by atoms with E-state index in [0.29, 0.717) is 12.0 Å². The number of aromatic amines is 1. The van der Waals surface area contributed by atoms with Crippen molar-refractivity contribution in [3.05, 3.63) is 43.0 Å². The fraction of sp³-hybridized carbons (Fsp3) is 0.773. The molecule has 0 saturated carbocycles. The number of aryl methyl sites for hydroxylation is 1. The number of nitrogens with one attached hydrogen (secondary N) is 2. The number of azide groups is 1. The van der Waals surface area contributed by atoms with Gasteiger partial charge in [-0.1, -0.05) is 45.1 Å². The van der Waals surface area contributed by atoms with Crippen LogP contribution < -0.4 is 16.3 Å². The third-order valence-corrected chi connectivity index (χ3v) is 7.55. The first-order valence-corrected chi connectivity index (χ1v) is 13.9. The number of hydrogen-bond donors (Lipinski definition) is 2. The molecule has 0 bridgehead atoms. The van der Waals surface area contributed by atoms with Crippen molar-refractivity contribution in [2.75, 3.05) is 20.3 Å². The zero-order chi connectivity index (χ0) is 27.6. The van der Waals surface area contributed by atoms with Crippen LogP contribution in [0.25, 0.3) is 10.4 Å². The highest BCUT2D eigenvalue weighted by atomic mass is 31.2. The zero-order valence-corrected chi connectivity index (χ0v) is 22.8. The first kappa shape index (κ1) is 30.8. The number of aromatic nitrogens is 2. The lowest BCUT2D eigenvalue weighted by Gasteiger charge is -2.27. The van der Waals surface area contributed by atoms with Crippen molar-refractivity contribution >= 4 is 13.7 Å². The van der Waals surface area contributed by atoms with Crippen LogP contribution in [0, 0.1) is 12.8 Å². The minimum atomic E-state index is -4.04. The second kappa shape index (κ2) is 14.5. The van der Waals surface area contributed by atoms with Crippen LogP contribution in [0.15, 0.2) is 20.9 Å². The summed E-state index contributed by atoms with van der Waals surface area (Å²) >= 11 is 0. The number of carbonyl (C=O) groups is 1. The molecule has 208 valence electrons. The van der Waals surface area contributed by atoms with Gasteiger partial charge < -0.3 is 9.47 Å². The fourth-order valence-corrected chi connectivity index (χ4v) is 5.47. The Morgan fingerprint density at radius 2 is 2.08 bits per heavy atom. The van der Waals surface area contributed by atoms with Crippen molar-refractivity contribution in [3.63, 3.8) is 0 Å². The lowest BCUT2D eigenvalue weighted by atomic mass is 10.1. The first-order valence-electron chi connectivity index (χ1n) is 12.3. The highest BCUT2D eigenvalue weighted by molar-refractivity contribution is 7.51. The maximum absolute atomic E-state index is 13.7. The van der Waals surface area contributed by atoms with Gasteiger partial charge in [-0.25, -0.2) is 14.4 Å². The van der Waals surface area contributed by atoms with Crippen LogP contribution in [-0.4, -0.2) is 54.0 Å². The number of rotatable bonds is 15. The van der Waals surface area contributed by atoms with Gasteiger partial charge in [-0.05, 0) is 24.8 Å². The summed E-state index contributed by atoms with van der Waals surface area (Å²) in [5, 5.41) is 6.43. The molecule has 1 aromatic heterocycles. The predicted octanol–water partition coefficient (Wildman–Crippen LogP) is 3.32. The molecule has 1 aliphatic rings. The van der Waals surface area contributed by atoms with Gasteiger partial charge in [0.2, 0.25) is 0 Å². The van der Waals surface area contributed by atoms with Gasteiger partial charge in [0.15, 0.2) is 0 Å². The molecule has 2 heterocycles. The Hall–Kier alpha value is -2.47. The molecule has 1 aromatic rings. The maximum Gasteiger partial charge on any atom is 0.406 e. The van der Waals surface area contributed by atoms with E-state index in [1.807, 2.05) is 0 Å². The molecule has 5 atom stereocenters. The molecule has 1 saturated heterocycles. The Labute approximate surface area is 215 Å². The van der Waals surface area contributed by atoms with Crippen LogP contribution in [0.5, 0.6) is 0 Å². The smallest absolute Gasteiger partial charge is 0.406 e. The number of nitrogens with zero attached hydrogens (tertiary/aromatic N) is 4. The van der Waals surface area contributed by atoms with E-state index in [1.165, 1.54) is 17.9 Å².